The van der Waals surface area contributed by atoms with E-state index < -0.39 is 5.82 Å². The van der Waals surface area contributed by atoms with Gasteiger partial charge >= 0.3 is 0 Å². The van der Waals surface area contributed by atoms with Crippen LogP contribution in [0.15, 0.2) is 36.4 Å². The van der Waals surface area contributed by atoms with Crippen molar-refractivity contribution in [3.8, 4) is 0 Å². The molecule has 0 saturated heterocycles. The molecule has 0 saturated carbocycles. The fourth-order valence-corrected chi connectivity index (χ4v) is 2.23. The highest BCUT2D eigenvalue weighted by Gasteiger charge is 2.10. The molecule has 0 aromatic heterocycles. The summed E-state index contributed by atoms with van der Waals surface area (Å²) in [6.45, 7) is 1.91. The number of benzene rings is 2. The maximum atomic E-state index is 13.0. The predicted molar refractivity (Wildman–Crippen MR) is 83.3 cm³/mol. The second-order valence-corrected chi connectivity index (χ2v) is 5.70. The van der Waals surface area contributed by atoms with Crippen molar-refractivity contribution in [1.29, 1.82) is 0 Å². The summed E-state index contributed by atoms with van der Waals surface area (Å²) in [6, 6.07) is 9.66. The molecule has 2 aromatic carbocycles. The molecule has 98 valence electrons. The van der Waals surface area contributed by atoms with Crippen LogP contribution in [0.2, 0.25) is 5.02 Å². The fraction of sp³-hybridized carbons (Fsp3) is 0.0714. The number of nitrogens with one attached hydrogen (secondary N) is 1. The quantitative estimate of drug-likeness (QED) is 0.745. The van der Waals surface area contributed by atoms with Crippen molar-refractivity contribution >= 4 is 45.8 Å². The minimum atomic E-state index is -0.538. The van der Waals surface area contributed by atoms with Gasteiger partial charge in [0, 0.05) is 14.8 Å². The summed E-state index contributed by atoms with van der Waals surface area (Å²) >= 11 is 7.83. The summed E-state index contributed by atoms with van der Waals surface area (Å²) in [4.78, 5) is 12.0. The second kappa shape index (κ2) is 5.88. The number of amides is 1. The molecule has 0 aliphatic rings. The minimum absolute atomic E-state index is 0.0629. The summed E-state index contributed by atoms with van der Waals surface area (Å²) in [6.07, 6.45) is 0. The standard InChI is InChI=1S/C14H10ClFINO/c1-8-2-4-10(17)7-13(8)18-14(19)9-3-5-12(16)11(15)6-9/h2-7H,1H3,(H,18,19). The molecule has 0 bridgehead atoms. The molecular weight excluding hydrogens is 380 g/mol. The third-order valence-electron chi connectivity index (χ3n) is 2.63. The Morgan fingerprint density at radius 3 is 2.68 bits per heavy atom. The maximum Gasteiger partial charge on any atom is 0.255 e. The molecule has 0 fully saturated rings. The third kappa shape index (κ3) is 3.45. The van der Waals surface area contributed by atoms with Gasteiger partial charge < -0.3 is 5.32 Å². The van der Waals surface area contributed by atoms with E-state index in [0.29, 0.717) is 5.56 Å². The van der Waals surface area contributed by atoms with Gasteiger partial charge in [-0.2, -0.15) is 0 Å². The monoisotopic (exact) mass is 389 g/mol. The number of hydrogen-bond donors (Lipinski definition) is 1. The van der Waals surface area contributed by atoms with E-state index in [2.05, 4.69) is 27.9 Å². The van der Waals surface area contributed by atoms with Gasteiger partial charge in [-0.1, -0.05) is 17.7 Å². The molecule has 0 atom stereocenters. The van der Waals surface area contributed by atoms with Gasteiger partial charge in [-0.15, -0.1) is 0 Å². The molecule has 2 nitrogen and oxygen atoms in total. The lowest BCUT2D eigenvalue weighted by molar-refractivity contribution is 0.102. The van der Waals surface area contributed by atoms with Crippen molar-refractivity contribution in [1.82, 2.24) is 0 Å². The van der Waals surface area contributed by atoms with Gasteiger partial charge in [0.1, 0.15) is 5.82 Å². The topological polar surface area (TPSA) is 29.1 Å². The summed E-state index contributed by atoms with van der Waals surface area (Å²) < 4.78 is 14.1. The molecule has 2 aromatic rings. The van der Waals surface area contributed by atoms with Crippen LogP contribution < -0.4 is 5.32 Å². The van der Waals surface area contributed by atoms with Gasteiger partial charge in [0.25, 0.3) is 5.91 Å². The largest absolute Gasteiger partial charge is 0.322 e. The van der Waals surface area contributed by atoms with E-state index in [-0.39, 0.29) is 10.9 Å². The second-order valence-electron chi connectivity index (χ2n) is 4.04. The van der Waals surface area contributed by atoms with E-state index in [9.17, 15) is 9.18 Å². The number of carbonyl (C=O) groups is 1. The Kier molecular flexibility index (Phi) is 4.42. The van der Waals surface area contributed by atoms with E-state index in [1.54, 1.807) is 0 Å². The van der Waals surface area contributed by atoms with Crippen LogP contribution >= 0.6 is 34.2 Å². The number of hydrogen-bond acceptors (Lipinski definition) is 1. The van der Waals surface area contributed by atoms with Crippen LogP contribution in [0.25, 0.3) is 0 Å². The van der Waals surface area contributed by atoms with Gasteiger partial charge in [-0.05, 0) is 65.4 Å². The number of halogens is 3. The first-order valence-electron chi connectivity index (χ1n) is 5.50. The van der Waals surface area contributed by atoms with Crippen molar-refractivity contribution < 1.29 is 9.18 Å². The highest BCUT2D eigenvalue weighted by atomic mass is 127. The van der Waals surface area contributed by atoms with E-state index in [4.69, 9.17) is 11.6 Å². The molecule has 1 N–H and O–H groups in total. The minimum Gasteiger partial charge on any atom is -0.322 e. The number of anilines is 1. The molecule has 0 heterocycles. The van der Waals surface area contributed by atoms with Gasteiger partial charge in [0.05, 0.1) is 5.02 Å². The molecule has 0 spiro atoms. The zero-order valence-electron chi connectivity index (χ0n) is 10.0. The smallest absolute Gasteiger partial charge is 0.255 e. The SMILES string of the molecule is Cc1ccc(I)cc1NC(=O)c1ccc(F)c(Cl)c1. The van der Waals surface area contributed by atoms with Gasteiger partial charge in [0.2, 0.25) is 0 Å². The molecule has 1 amide bonds. The first-order chi connectivity index (χ1) is 8.97. The predicted octanol–water partition coefficient (Wildman–Crippen LogP) is 4.64. The van der Waals surface area contributed by atoms with Crippen LogP contribution in [-0.2, 0) is 0 Å². The fourth-order valence-electron chi connectivity index (χ4n) is 1.56. The number of rotatable bonds is 2. The first kappa shape index (κ1) is 14.3. The zero-order valence-corrected chi connectivity index (χ0v) is 12.9. The molecule has 0 radical (unpaired) electrons. The molecule has 0 aliphatic carbocycles. The van der Waals surface area contributed by atoms with E-state index >= 15 is 0 Å². The van der Waals surface area contributed by atoms with E-state index in [1.165, 1.54) is 18.2 Å². The van der Waals surface area contributed by atoms with Crippen LogP contribution in [0.5, 0.6) is 0 Å². The number of carbonyl (C=O) groups excluding carboxylic acids is 1. The van der Waals surface area contributed by atoms with Crippen LogP contribution in [0.1, 0.15) is 15.9 Å². The Hall–Kier alpha value is -1.14. The molecule has 0 unspecified atom stereocenters. The Bertz CT molecular complexity index is 645. The Balaban J connectivity index is 2.25. The van der Waals surface area contributed by atoms with Gasteiger partial charge in [-0.25, -0.2) is 4.39 Å². The summed E-state index contributed by atoms with van der Waals surface area (Å²) in [5.41, 5.74) is 2.02. The maximum absolute atomic E-state index is 13.0. The summed E-state index contributed by atoms with van der Waals surface area (Å²) in [5.74, 6) is -0.851. The van der Waals surface area contributed by atoms with Gasteiger partial charge in [0.15, 0.2) is 0 Å². The average molecular weight is 390 g/mol. The third-order valence-corrected chi connectivity index (χ3v) is 3.59. The van der Waals surface area contributed by atoms with E-state index in [1.807, 2.05) is 25.1 Å². The first-order valence-corrected chi connectivity index (χ1v) is 6.95. The molecule has 19 heavy (non-hydrogen) atoms. The lowest BCUT2D eigenvalue weighted by Gasteiger charge is -2.09. The van der Waals surface area contributed by atoms with Crippen LogP contribution in [0.4, 0.5) is 10.1 Å². The highest BCUT2D eigenvalue weighted by Crippen LogP contribution is 2.20. The number of aryl methyl sites for hydroxylation is 1. The van der Waals surface area contributed by atoms with Crippen molar-refractivity contribution in [2.75, 3.05) is 5.32 Å². The normalized spacial score (nSPS) is 10.3. The molecule has 2 rings (SSSR count). The van der Waals surface area contributed by atoms with Crippen LogP contribution in [-0.4, -0.2) is 5.91 Å². The Labute approximate surface area is 129 Å². The van der Waals surface area contributed by atoms with Crippen molar-refractivity contribution in [3.63, 3.8) is 0 Å². The molecule has 5 heteroatoms. The summed E-state index contributed by atoms with van der Waals surface area (Å²) in [7, 11) is 0. The van der Waals surface area contributed by atoms with Crippen LogP contribution in [0, 0.1) is 16.3 Å². The molecular formula is C14H10ClFINO. The van der Waals surface area contributed by atoms with Crippen LogP contribution in [0.3, 0.4) is 0 Å². The van der Waals surface area contributed by atoms with Gasteiger partial charge in [-0.3, -0.25) is 4.79 Å². The van der Waals surface area contributed by atoms with E-state index in [0.717, 1.165) is 14.8 Å². The van der Waals surface area contributed by atoms with Crippen molar-refractivity contribution in [2.24, 2.45) is 0 Å². The van der Waals surface area contributed by atoms with Crippen molar-refractivity contribution in [3.05, 3.63) is 61.9 Å². The zero-order chi connectivity index (χ0) is 14.0. The highest BCUT2D eigenvalue weighted by molar-refractivity contribution is 14.1. The molecule has 0 aliphatic heterocycles. The lowest BCUT2D eigenvalue weighted by atomic mass is 10.1. The average Bonchev–Trinajstić information content (AvgIpc) is 2.37. The lowest BCUT2D eigenvalue weighted by Crippen LogP contribution is -2.13. The van der Waals surface area contributed by atoms with Crippen molar-refractivity contribution in [2.45, 2.75) is 6.92 Å². The summed E-state index contributed by atoms with van der Waals surface area (Å²) in [5, 5.41) is 2.73. The Morgan fingerprint density at radius 1 is 1.26 bits per heavy atom. The Morgan fingerprint density at radius 2 is 2.00 bits per heavy atom.